The first kappa shape index (κ1) is 24.4. The summed E-state index contributed by atoms with van der Waals surface area (Å²) in [5, 5.41) is 7.30. The molecule has 0 bridgehead atoms. The fraction of sp³-hybridized carbons (Fsp3) is 0.314. The lowest BCUT2D eigenvalue weighted by Gasteiger charge is -2.28. The van der Waals surface area contributed by atoms with Crippen LogP contribution in [0.2, 0.25) is 0 Å². The Balaban J connectivity index is 1.76. The maximum atomic E-state index is 7.72. The molecule has 190 valence electrons. The summed E-state index contributed by atoms with van der Waals surface area (Å²) >= 11 is 0. The zero-order valence-corrected chi connectivity index (χ0v) is 23.5. The molecule has 0 N–H and O–H groups in total. The minimum atomic E-state index is -0.459. The van der Waals surface area contributed by atoms with Crippen molar-refractivity contribution in [1.29, 1.82) is 0 Å². The second-order valence-electron chi connectivity index (χ2n) is 12.7. The van der Waals surface area contributed by atoms with Gasteiger partial charge in [-0.1, -0.05) is 63.2 Å². The average Bonchev–Trinajstić information content (AvgIpc) is 2.87. The normalized spacial score (nSPS) is 13.0. The molecule has 0 radical (unpaired) electrons. The zero-order valence-electron chi connectivity index (χ0n) is 23.5. The highest BCUT2D eigenvalue weighted by atomic mass is 16.5. The zero-order chi connectivity index (χ0) is 27.0. The van der Waals surface area contributed by atoms with Crippen LogP contribution in [0.5, 0.6) is 11.5 Å². The number of fused-ring (bicyclic) bond motifs is 5. The van der Waals surface area contributed by atoms with E-state index in [0.29, 0.717) is 6.42 Å². The Kier molecular flexibility index (Phi) is 5.34. The number of nitrogens with zero attached hydrogens (tertiary/aromatic N) is 2. The van der Waals surface area contributed by atoms with Gasteiger partial charge in [-0.05, 0) is 57.5 Å². The molecular weight excluding hydrogens is 464 g/mol. The van der Waals surface area contributed by atoms with Gasteiger partial charge in [-0.25, -0.2) is 11.1 Å². The van der Waals surface area contributed by atoms with E-state index in [1.165, 1.54) is 49.5 Å². The predicted octanol–water partition coefficient (Wildman–Crippen LogP) is 8.88. The number of pyridine rings is 1. The summed E-state index contributed by atoms with van der Waals surface area (Å²) in [6.45, 7) is 20.9. The first-order valence-electron chi connectivity index (χ1n) is 13.5. The molecule has 6 rings (SSSR count). The summed E-state index contributed by atoms with van der Waals surface area (Å²) in [6.07, 6.45) is 3.81. The van der Waals surface area contributed by atoms with E-state index in [1.54, 1.807) is 0 Å². The quantitative estimate of drug-likeness (QED) is 0.135. The van der Waals surface area contributed by atoms with Crippen LogP contribution in [0.1, 0.15) is 51.3 Å². The van der Waals surface area contributed by atoms with Crippen molar-refractivity contribution in [2.75, 3.05) is 0 Å². The van der Waals surface area contributed by atoms with E-state index in [-0.39, 0.29) is 5.41 Å². The van der Waals surface area contributed by atoms with Crippen LogP contribution in [-0.4, -0.2) is 5.54 Å². The Labute approximate surface area is 225 Å². The van der Waals surface area contributed by atoms with Crippen molar-refractivity contribution in [3.63, 3.8) is 0 Å². The lowest BCUT2D eigenvalue weighted by Crippen LogP contribution is -2.32. The van der Waals surface area contributed by atoms with Gasteiger partial charge in [-0.15, -0.1) is 0 Å². The second-order valence-corrected chi connectivity index (χ2v) is 12.7. The van der Waals surface area contributed by atoms with E-state index in [2.05, 4.69) is 105 Å². The molecule has 4 aromatic carbocycles. The number of rotatable bonds is 3. The van der Waals surface area contributed by atoms with Crippen LogP contribution in [0.4, 0.5) is 0 Å². The van der Waals surface area contributed by atoms with E-state index in [0.717, 1.165) is 28.7 Å². The molecule has 0 atom stereocenters. The SMILES string of the molecule is [C-]#[N+]C(C)(C)Cc1cccc2cc3c4c([n+](C)ccc4c12)-c1c(c(CC(C)(C)C)c2ccccc2c1C)O3. The molecule has 0 aliphatic carbocycles. The van der Waals surface area contributed by atoms with Gasteiger partial charge in [0.25, 0.3) is 0 Å². The van der Waals surface area contributed by atoms with E-state index < -0.39 is 5.54 Å². The molecule has 0 saturated heterocycles. The van der Waals surface area contributed by atoms with Gasteiger partial charge in [-0.2, -0.15) is 0 Å². The highest BCUT2D eigenvalue weighted by Crippen LogP contribution is 2.53. The molecule has 1 aliphatic rings. The molecule has 3 heteroatoms. The predicted molar refractivity (Wildman–Crippen MR) is 158 cm³/mol. The van der Waals surface area contributed by atoms with Crippen LogP contribution in [0.25, 0.3) is 48.4 Å². The molecule has 0 spiro atoms. The van der Waals surface area contributed by atoms with Gasteiger partial charge in [0, 0.05) is 30.9 Å². The van der Waals surface area contributed by atoms with Crippen LogP contribution in [0.15, 0.2) is 60.8 Å². The Hall–Kier alpha value is -3.90. The number of ether oxygens (including phenoxy) is 1. The summed E-state index contributed by atoms with van der Waals surface area (Å²) in [5.41, 5.74) is 5.80. The first-order valence-corrected chi connectivity index (χ1v) is 13.5. The molecular formula is C35H35N2O+. The number of benzene rings is 4. The summed E-state index contributed by atoms with van der Waals surface area (Å²) < 4.78 is 9.24. The lowest BCUT2D eigenvalue weighted by atomic mass is 9.81. The van der Waals surface area contributed by atoms with Crippen LogP contribution >= 0.6 is 0 Å². The Morgan fingerprint density at radius 2 is 1.61 bits per heavy atom. The molecule has 0 amide bonds. The number of aryl methyl sites for hydroxylation is 2. The summed E-state index contributed by atoms with van der Waals surface area (Å²) in [5.74, 6) is 1.91. The Morgan fingerprint density at radius 1 is 0.868 bits per heavy atom. The van der Waals surface area contributed by atoms with Gasteiger partial charge < -0.3 is 9.58 Å². The molecule has 5 aromatic rings. The third kappa shape index (κ3) is 3.74. The van der Waals surface area contributed by atoms with Gasteiger partial charge in [-0.3, -0.25) is 0 Å². The molecule has 38 heavy (non-hydrogen) atoms. The minimum absolute atomic E-state index is 0.109. The second kappa shape index (κ2) is 8.30. The summed E-state index contributed by atoms with van der Waals surface area (Å²) in [7, 11) is 2.14. The first-order chi connectivity index (χ1) is 18.0. The van der Waals surface area contributed by atoms with Crippen LogP contribution in [-0.2, 0) is 19.9 Å². The molecule has 1 aromatic heterocycles. The fourth-order valence-corrected chi connectivity index (χ4v) is 6.29. The Bertz CT molecular complexity index is 1830. The molecule has 2 heterocycles. The van der Waals surface area contributed by atoms with Crippen molar-refractivity contribution in [3.8, 4) is 22.8 Å². The van der Waals surface area contributed by atoms with Crippen molar-refractivity contribution in [1.82, 2.24) is 0 Å². The Morgan fingerprint density at radius 3 is 2.32 bits per heavy atom. The lowest BCUT2D eigenvalue weighted by molar-refractivity contribution is -0.659. The number of hydrogen-bond acceptors (Lipinski definition) is 1. The number of hydrogen-bond donors (Lipinski definition) is 0. The van der Waals surface area contributed by atoms with E-state index in [4.69, 9.17) is 11.3 Å². The van der Waals surface area contributed by atoms with Gasteiger partial charge in [0.15, 0.2) is 6.20 Å². The van der Waals surface area contributed by atoms with Crippen molar-refractivity contribution < 1.29 is 9.30 Å². The molecule has 0 unspecified atom stereocenters. The van der Waals surface area contributed by atoms with Crippen LogP contribution in [0, 0.1) is 18.9 Å². The van der Waals surface area contributed by atoms with Crippen molar-refractivity contribution in [2.24, 2.45) is 12.5 Å². The van der Waals surface area contributed by atoms with Gasteiger partial charge in [0.1, 0.15) is 18.5 Å². The topological polar surface area (TPSA) is 17.5 Å². The van der Waals surface area contributed by atoms with Gasteiger partial charge >= 0.3 is 0 Å². The van der Waals surface area contributed by atoms with E-state index in [1.807, 2.05) is 13.8 Å². The third-order valence-corrected chi connectivity index (χ3v) is 7.92. The average molecular weight is 500 g/mol. The number of aromatic nitrogens is 1. The maximum absolute atomic E-state index is 7.72. The van der Waals surface area contributed by atoms with Crippen LogP contribution < -0.4 is 9.30 Å². The maximum Gasteiger partial charge on any atom is 0.231 e. The van der Waals surface area contributed by atoms with Crippen molar-refractivity contribution in [2.45, 2.75) is 59.9 Å². The smallest absolute Gasteiger partial charge is 0.231 e. The molecule has 1 aliphatic heterocycles. The highest BCUT2D eigenvalue weighted by molar-refractivity contribution is 6.17. The van der Waals surface area contributed by atoms with E-state index in [9.17, 15) is 0 Å². The van der Waals surface area contributed by atoms with E-state index >= 15 is 0 Å². The molecule has 3 nitrogen and oxygen atoms in total. The standard InChI is InChI=1S/C35H35N2O/c1-21-24-14-9-10-15-25(24)27(20-34(2,3)4)33-29(21)32-31-26(16-17-37(32)8)30-22(18-28(31)38-33)12-11-13-23(30)19-35(5,6)36-7/h9-18H,19-20H2,1-6,8H3/q+1. The molecule has 0 fully saturated rings. The van der Waals surface area contributed by atoms with Gasteiger partial charge in [0.2, 0.25) is 11.2 Å². The highest BCUT2D eigenvalue weighted by Gasteiger charge is 2.35. The van der Waals surface area contributed by atoms with Crippen molar-refractivity contribution in [3.05, 3.63) is 88.9 Å². The summed E-state index contributed by atoms with van der Waals surface area (Å²) in [4.78, 5) is 3.91. The third-order valence-electron chi connectivity index (χ3n) is 7.92. The van der Waals surface area contributed by atoms with Crippen LogP contribution in [0.3, 0.4) is 0 Å². The molecule has 0 saturated carbocycles. The van der Waals surface area contributed by atoms with Crippen molar-refractivity contribution >= 4 is 32.3 Å². The van der Waals surface area contributed by atoms with Gasteiger partial charge in [0.05, 0.1) is 17.4 Å². The minimum Gasteiger partial charge on any atom is -0.455 e. The monoisotopic (exact) mass is 499 g/mol. The summed E-state index contributed by atoms with van der Waals surface area (Å²) in [6, 6.07) is 19.7. The fourth-order valence-electron chi connectivity index (χ4n) is 6.29. The largest absolute Gasteiger partial charge is 0.455 e.